The van der Waals surface area contributed by atoms with Gasteiger partial charge >= 0.3 is 6.18 Å². The highest BCUT2D eigenvalue weighted by Gasteiger charge is 2.25. The molecule has 132 valence electrons. The molecule has 8 heteroatoms. The second-order valence-corrected chi connectivity index (χ2v) is 4.77. The number of hydrogen-bond acceptors (Lipinski definition) is 2. The van der Waals surface area contributed by atoms with Gasteiger partial charge in [-0.15, -0.1) is 24.0 Å². The number of aliphatic imine (C=N–C) groups is 1. The normalized spacial score (nSPS) is 11.6. The van der Waals surface area contributed by atoms with Crippen LogP contribution in [-0.2, 0) is 6.54 Å². The van der Waals surface area contributed by atoms with Crippen LogP contribution in [0.5, 0.6) is 5.75 Å². The summed E-state index contributed by atoms with van der Waals surface area (Å²) >= 11 is 0. The minimum Gasteiger partial charge on any atom is -0.497 e. The van der Waals surface area contributed by atoms with E-state index >= 15 is 0 Å². The number of hydrogen-bond donors (Lipinski definition) is 2. The largest absolute Gasteiger partial charge is 0.497 e. The topological polar surface area (TPSA) is 45.7 Å². The molecule has 0 atom stereocenters. The fourth-order valence-corrected chi connectivity index (χ4v) is 1.81. The van der Waals surface area contributed by atoms with E-state index in [1.165, 1.54) is 0 Å². The highest BCUT2D eigenvalue weighted by Crippen LogP contribution is 2.21. The number of unbranched alkanes of at least 4 members (excludes halogenated alkanes) is 1. The van der Waals surface area contributed by atoms with E-state index in [0.29, 0.717) is 25.5 Å². The van der Waals surface area contributed by atoms with Crippen molar-refractivity contribution in [1.82, 2.24) is 10.6 Å². The zero-order chi connectivity index (χ0) is 16.4. The number of guanidine groups is 1. The van der Waals surface area contributed by atoms with Crippen LogP contribution in [0.25, 0.3) is 0 Å². The van der Waals surface area contributed by atoms with Crippen molar-refractivity contribution in [2.24, 2.45) is 4.99 Å². The van der Waals surface area contributed by atoms with Gasteiger partial charge in [-0.3, -0.25) is 4.99 Å². The van der Waals surface area contributed by atoms with Gasteiger partial charge in [0.05, 0.1) is 7.11 Å². The predicted molar refractivity (Wildman–Crippen MR) is 96.5 cm³/mol. The van der Waals surface area contributed by atoms with E-state index in [2.05, 4.69) is 15.6 Å². The van der Waals surface area contributed by atoms with Gasteiger partial charge in [0.2, 0.25) is 0 Å². The van der Waals surface area contributed by atoms with Gasteiger partial charge in [-0.1, -0.05) is 12.1 Å². The molecule has 1 aromatic carbocycles. The van der Waals surface area contributed by atoms with Crippen LogP contribution in [0.4, 0.5) is 13.2 Å². The number of nitrogens with one attached hydrogen (secondary N) is 2. The van der Waals surface area contributed by atoms with Crippen molar-refractivity contribution < 1.29 is 17.9 Å². The molecule has 0 heterocycles. The Bertz CT molecular complexity index is 464. The van der Waals surface area contributed by atoms with E-state index in [9.17, 15) is 13.2 Å². The van der Waals surface area contributed by atoms with Crippen molar-refractivity contribution in [3.63, 3.8) is 0 Å². The molecule has 2 N–H and O–H groups in total. The molecule has 0 fully saturated rings. The molecular formula is C15H23F3IN3O. The summed E-state index contributed by atoms with van der Waals surface area (Å²) in [6.45, 7) is 1.03. The first-order chi connectivity index (χ1) is 10.4. The number of halogens is 4. The van der Waals surface area contributed by atoms with Gasteiger partial charge in [0.15, 0.2) is 5.96 Å². The molecule has 1 aromatic rings. The lowest BCUT2D eigenvalue weighted by Crippen LogP contribution is -2.37. The molecule has 4 nitrogen and oxygen atoms in total. The standard InChI is InChI=1S/C15H22F3N3O.HI/c1-19-14(20-10-4-3-9-15(16,17)18)21-11-12-5-7-13(22-2)8-6-12;/h5-8H,3-4,9-11H2,1-2H3,(H2,19,20,21);1H. The Morgan fingerprint density at radius 1 is 1.13 bits per heavy atom. The highest BCUT2D eigenvalue weighted by molar-refractivity contribution is 14.0. The zero-order valence-corrected chi connectivity index (χ0v) is 15.6. The fraction of sp³-hybridized carbons (Fsp3) is 0.533. The Morgan fingerprint density at radius 2 is 1.78 bits per heavy atom. The van der Waals surface area contributed by atoms with Crippen molar-refractivity contribution >= 4 is 29.9 Å². The van der Waals surface area contributed by atoms with E-state index in [0.717, 1.165) is 11.3 Å². The van der Waals surface area contributed by atoms with Crippen LogP contribution in [-0.4, -0.2) is 32.8 Å². The van der Waals surface area contributed by atoms with Crippen LogP contribution in [0, 0.1) is 0 Å². The Morgan fingerprint density at radius 3 is 2.30 bits per heavy atom. The second kappa shape index (κ2) is 11.4. The number of alkyl halides is 3. The summed E-state index contributed by atoms with van der Waals surface area (Å²) in [5.74, 6) is 1.36. The lowest BCUT2D eigenvalue weighted by molar-refractivity contribution is -0.135. The first kappa shape index (κ1) is 21.8. The molecule has 0 aliphatic heterocycles. The maximum absolute atomic E-state index is 12.0. The molecule has 23 heavy (non-hydrogen) atoms. The Hall–Kier alpha value is -1.19. The molecule has 0 spiro atoms. The van der Waals surface area contributed by atoms with Gasteiger partial charge in [-0.05, 0) is 30.5 Å². The molecule has 0 saturated carbocycles. The Balaban J connectivity index is 0.00000484. The molecule has 0 aromatic heterocycles. The van der Waals surface area contributed by atoms with Crippen LogP contribution in [0.2, 0.25) is 0 Å². The van der Waals surface area contributed by atoms with E-state index < -0.39 is 12.6 Å². The van der Waals surface area contributed by atoms with Crippen molar-refractivity contribution in [2.45, 2.75) is 32.0 Å². The van der Waals surface area contributed by atoms with Crippen LogP contribution in [0.1, 0.15) is 24.8 Å². The van der Waals surface area contributed by atoms with E-state index in [-0.39, 0.29) is 30.4 Å². The summed E-state index contributed by atoms with van der Waals surface area (Å²) in [5, 5.41) is 6.10. The minimum absolute atomic E-state index is 0. The van der Waals surface area contributed by atoms with Gasteiger partial charge in [0, 0.05) is 26.6 Å². The Labute approximate surface area is 151 Å². The number of ether oxygens (including phenoxy) is 1. The van der Waals surface area contributed by atoms with Crippen molar-refractivity contribution in [1.29, 1.82) is 0 Å². The predicted octanol–water partition coefficient (Wildman–Crippen LogP) is 3.71. The number of methoxy groups -OCH3 is 1. The highest BCUT2D eigenvalue weighted by atomic mass is 127. The van der Waals surface area contributed by atoms with E-state index in [4.69, 9.17) is 4.74 Å². The lowest BCUT2D eigenvalue weighted by atomic mass is 10.2. The molecule has 0 amide bonds. The van der Waals surface area contributed by atoms with E-state index in [1.54, 1.807) is 14.2 Å². The molecular weight excluding hydrogens is 422 g/mol. The summed E-state index contributed by atoms with van der Waals surface area (Å²) in [6.07, 6.45) is -4.25. The smallest absolute Gasteiger partial charge is 0.389 e. The molecule has 0 unspecified atom stereocenters. The Kier molecular flexibility index (Phi) is 10.8. The van der Waals surface area contributed by atoms with Gasteiger partial charge in [0.25, 0.3) is 0 Å². The van der Waals surface area contributed by atoms with Gasteiger partial charge in [-0.25, -0.2) is 0 Å². The molecule has 0 aliphatic carbocycles. The first-order valence-corrected chi connectivity index (χ1v) is 7.09. The van der Waals surface area contributed by atoms with Crippen molar-refractivity contribution in [2.75, 3.05) is 20.7 Å². The average Bonchev–Trinajstić information content (AvgIpc) is 2.49. The number of nitrogens with zero attached hydrogens (tertiary/aromatic N) is 1. The van der Waals surface area contributed by atoms with E-state index in [1.807, 2.05) is 24.3 Å². The SMILES string of the molecule is CN=C(NCCCCC(F)(F)F)NCc1ccc(OC)cc1.I. The second-order valence-electron chi connectivity index (χ2n) is 4.77. The molecule has 0 aliphatic rings. The zero-order valence-electron chi connectivity index (χ0n) is 13.2. The number of rotatable bonds is 7. The third-order valence-electron chi connectivity index (χ3n) is 3.02. The van der Waals surface area contributed by atoms with Crippen molar-refractivity contribution in [3.8, 4) is 5.75 Å². The first-order valence-electron chi connectivity index (χ1n) is 7.09. The van der Waals surface area contributed by atoms with Crippen molar-refractivity contribution in [3.05, 3.63) is 29.8 Å². The molecule has 0 radical (unpaired) electrons. The van der Waals surface area contributed by atoms with Crippen LogP contribution >= 0.6 is 24.0 Å². The summed E-state index contributed by atoms with van der Waals surface area (Å²) in [6, 6.07) is 7.60. The third kappa shape index (κ3) is 10.2. The molecule has 0 saturated heterocycles. The average molecular weight is 445 g/mol. The molecule has 1 rings (SSSR count). The van der Waals surface area contributed by atoms with Crippen LogP contribution in [0.3, 0.4) is 0 Å². The van der Waals surface area contributed by atoms with Gasteiger partial charge in [0.1, 0.15) is 5.75 Å². The monoisotopic (exact) mass is 445 g/mol. The minimum atomic E-state index is -4.08. The lowest BCUT2D eigenvalue weighted by Gasteiger charge is -2.12. The quantitative estimate of drug-likeness (QED) is 0.291. The maximum atomic E-state index is 12.0. The third-order valence-corrected chi connectivity index (χ3v) is 3.02. The number of benzene rings is 1. The van der Waals surface area contributed by atoms with Crippen LogP contribution < -0.4 is 15.4 Å². The van der Waals surface area contributed by atoms with Crippen LogP contribution in [0.15, 0.2) is 29.3 Å². The van der Waals surface area contributed by atoms with Gasteiger partial charge < -0.3 is 15.4 Å². The fourth-order valence-electron chi connectivity index (χ4n) is 1.81. The molecule has 0 bridgehead atoms. The van der Waals surface area contributed by atoms with Gasteiger partial charge in [-0.2, -0.15) is 13.2 Å². The summed E-state index contributed by atoms with van der Waals surface area (Å²) in [5.41, 5.74) is 1.06. The summed E-state index contributed by atoms with van der Waals surface area (Å²) in [4.78, 5) is 4.03. The summed E-state index contributed by atoms with van der Waals surface area (Å²) < 4.78 is 41.1. The summed E-state index contributed by atoms with van der Waals surface area (Å²) in [7, 11) is 3.23. The maximum Gasteiger partial charge on any atom is 0.389 e.